The number of rotatable bonds is 8. The molecule has 220 valence electrons. The van der Waals surface area contributed by atoms with Gasteiger partial charge in [0.2, 0.25) is 0 Å². The number of hydrogen-bond donors (Lipinski definition) is 2. The maximum absolute atomic E-state index is 13.6. The number of aromatic hydroxyl groups is 1. The summed E-state index contributed by atoms with van der Waals surface area (Å²) in [6.45, 7) is 3.69. The smallest absolute Gasteiger partial charge is 0.350 e. The molecule has 3 aromatic carbocycles. The molecule has 2 N–H and O–H groups in total. The first kappa shape index (κ1) is 29.3. The van der Waals surface area contributed by atoms with Crippen molar-refractivity contribution in [2.75, 3.05) is 19.1 Å². The summed E-state index contributed by atoms with van der Waals surface area (Å²) in [5, 5.41) is 21.9. The normalized spacial score (nSPS) is 15.9. The van der Waals surface area contributed by atoms with Crippen LogP contribution >= 0.6 is 11.3 Å². The third kappa shape index (κ3) is 5.54. The van der Waals surface area contributed by atoms with Gasteiger partial charge in [0.1, 0.15) is 23.0 Å². The van der Waals surface area contributed by atoms with Crippen molar-refractivity contribution in [3.8, 4) is 17.2 Å². The van der Waals surface area contributed by atoms with E-state index in [0.29, 0.717) is 34.7 Å². The van der Waals surface area contributed by atoms with Gasteiger partial charge in [0.05, 0.1) is 31.5 Å². The number of aliphatic hydroxyl groups is 1. The number of amides is 1. The fourth-order valence-corrected chi connectivity index (χ4v) is 5.87. The van der Waals surface area contributed by atoms with Crippen molar-refractivity contribution in [2.24, 2.45) is 0 Å². The van der Waals surface area contributed by atoms with Gasteiger partial charge in [-0.25, -0.2) is 9.78 Å². The average molecular weight is 601 g/mol. The maximum Gasteiger partial charge on any atom is 0.350 e. The molecular weight excluding hydrogens is 572 g/mol. The van der Waals surface area contributed by atoms with Crippen molar-refractivity contribution in [3.05, 3.63) is 105 Å². The molecule has 1 aliphatic heterocycles. The van der Waals surface area contributed by atoms with Crippen LogP contribution in [0.4, 0.5) is 5.13 Å². The molecule has 1 aromatic heterocycles. The molecule has 2 heterocycles. The van der Waals surface area contributed by atoms with Crippen molar-refractivity contribution in [3.63, 3.8) is 0 Å². The molecule has 1 fully saturated rings. The molecule has 4 aromatic rings. The van der Waals surface area contributed by atoms with E-state index in [1.165, 1.54) is 32.4 Å². The Labute approximate surface area is 251 Å². The zero-order chi connectivity index (χ0) is 30.8. The van der Waals surface area contributed by atoms with Crippen molar-refractivity contribution in [1.29, 1.82) is 0 Å². The third-order valence-electron chi connectivity index (χ3n) is 7.03. The number of nitrogens with zero attached hydrogens (tertiary/aromatic N) is 2. The molecule has 5 rings (SSSR count). The first-order valence-electron chi connectivity index (χ1n) is 13.2. The molecular formula is C32H28N2O8S. The van der Waals surface area contributed by atoms with Gasteiger partial charge in [0, 0.05) is 5.56 Å². The Morgan fingerprint density at radius 3 is 2.44 bits per heavy atom. The predicted octanol–water partition coefficient (Wildman–Crippen LogP) is 5.47. The predicted molar refractivity (Wildman–Crippen MR) is 160 cm³/mol. The van der Waals surface area contributed by atoms with Crippen LogP contribution in [0.25, 0.3) is 5.76 Å². The Balaban J connectivity index is 1.61. The van der Waals surface area contributed by atoms with E-state index < -0.39 is 29.5 Å². The molecule has 1 aliphatic rings. The van der Waals surface area contributed by atoms with Gasteiger partial charge in [0.15, 0.2) is 16.6 Å². The fraction of sp³-hybridized carbons (Fsp3) is 0.188. The van der Waals surface area contributed by atoms with E-state index in [-0.39, 0.29) is 27.1 Å². The van der Waals surface area contributed by atoms with Gasteiger partial charge >= 0.3 is 11.9 Å². The third-order valence-corrected chi connectivity index (χ3v) is 8.16. The number of phenols is 1. The first-order valence-corrected chi connectivity index (χ1v) is 14.0. The molecule has 0 bridgehead atoms. The second kappa shape index (κ2) is 12.0. The molecule has 11 heteroatoms. The number of benzene rings is 3. The molecule has 43 heavy (non-hydrogen) atoms. The van der Waals surface area contributed by atoms with Crippen LogP contribution in [-0.4, -0.2) is 47.1 Å². The minimum atomic E-state index is -1.15. The van der Waals surface area contributed by atoms with E-state index in [9.17, 15) is 24.6 Å². The number of ether oxygens (including phenoxy) is 3. The highest BCUT2D eigenvalue weighted by Gasteiger charge is 2.48. The molecule has 0 aliphatic carbocycles. The topological polar surface area (TPSA) is 135 Å². The van der Waals surface area contributed by atoms with E-state index in [2.05, 4.69) is 4.98 Å². The summed E-state index contributed by atoms with van der Waals surface area (Å²) in [4.78, 5) is 45.2. The van der Waals surface area contributed by atoms with Gasteiger partial charge in [-0.3, -0.25) is 14.5 Å². The van der Waals surface area contributed by atoms with Gasteiger partial charge in [-0.1, -0.05) is 47.7 Å². The summed E-state index contributed by atoms with van der Waals surface area (Å²) >= 11 is 0.891. The van der Waals surface area contributed by atoms with Gasteiger partial charge in [-0.05, 0) is 60.9 Å². The number of hydrogen-bond acceptors (Lipinski definition) is 10. The second-order valence-corrected chi connectivity index (χ2v) is 10.7. The van der Waals surface area contributed by atoms with Crippen molar-refractivity contribution < 1.29 is 38.8 Å². The van der Waals surface area contributed by atoms with Crippen LogP contribution in [0, 0.1) is 13.8 Å². The fourth-order valence-electron chi connectivity index (χ4n) is 4.85. The van der Waals surface area contributed by atoms with Crippen LogP contribution in [0.5, 0.6) is 17.2 Å². The Morgan fingerprint density at radius 1 is 1.02 bits per heavy atom. The van der Waals surface area contributed by atoms with Crippen molar-refractivity contribution in [2.45, 2.75) is 26.5 Å². The standard InChI is InChI=1S/C32H28N2O8S/c1-17-14-21(42-16-19-8-6-5-7-9-19)11-12-22(17)27(36)25-26(20-10-13-23(35)24(15-20)40-3)34(30(38)28(25)37)32-33-18(2)29(43-32)31(39)41-4/h5-15,26,35-36H,16H2,1-4H3. The summed E-state index contributed by atoms with van der Waals surface area (Å²) in [5.74, 6) is -2.40. The van der Waals surface area contributed by atoms with Crippen LogP contribution in [0.2, 0.25) is 0 Å². The van der Waals surface area contributed by atoms with E-state index in [1.54, 1.807) is 32.0 Å². The quantitative estimate of drug-likeness (QED) is 0.117. The monoisotopic (exact) mass is 600 g/mol. The van der Waals surface area contributed by atoms with Crippen molar-refractivity contribution in [1.82, 2.24) is 4.98 Å². The number of anilines is 1. The summed E-state index contributed by atoms with van der Waals surface area (Å²) in [6, 6.07) is 17.9. The second-order valence-electron chi connectivity index (χ2n) is 9.75. The lowest BCUT2D eigenvalue weighted by molar-refractivity contribution is -0.132. The number of aromatic nitrogens is 1. The minimum Gasteiger partial charge on any atom is -0.507 e. The Morgan fingerprint density at radius 2 is 1.77 bits per heavy atom. The zero-order valence-corrected chi connectivity index (χ0v) is 24.6. The lowest BCUT2D eigenvalue weighted by Gasteiger charge is -2.23. The lowest BCUT2D eigenvalue weighted by Crippen LogP contribution is -2.29. The molecule has 0 saturated carbocycles. The highest BCUT2D eigenvalue weighted by atomic mass is 32.1. The van der Waals surface area contributed by atoms with Crippen LogP contribution in [-0.2, 0) is 20.9 Å². The molecule has 10 nitrogen and oxygen atoms in total. The first-order chi connectivity index (χ1) is 20.6. The highest BCUT2D eigenvalue weighted by molar-refractivity contribution is 7.17. The molecule has 1 saturated heterocycles. The van der Waals surface area contributed by atoms with E-state index in [4.69, 9.17) is 14.2 Å². The average Bonchev–Trinajstić information content (AvgIpc) is 3.52. The minimum absolute atomic E-state index is 0.0671. The summed E-state index contributed by atoms with van der Waals surface area (Å²) in [6.07, 6.45) is 0. The molecule has 1 atom stereocenters. The number of ketones is 1. The van der Waals surface area contributed by atoms with Crippen LogP contribution in [0.1, 0.15) is 43.7 Å². The van der Waals surface area contributed by atoms with Gasteiger partial charge in [0.25, 0.3) is 5.78 Å². The number of aryl methyl sites for hydroxylation is 2. The van der Waals surface area contributed by atoms with Gasteiger partial charge in [-0.2, -0.15) is 0 Å². The molecule has 0 radical (unpaired) electrons. The Hall–Kier alpha value is -5.16. The lowest BCUT2D eigenvalue weighted by atomic mass is 9.93. The van der Waals surface area contributed by atoms with E-state index >= 15 is 0 Å². The van der Waals surface area contributed by atoms with Crippen molar-refractivity contribution >= 4 is 39.9 Å². The van der Waals surface area contributed by atoms with E-state index in [1.807, 2.05) is 30.3 Å². The Kier molecular flexibility index (Phi) is 8.18. The van der Waals surface area contributed by atoms with Gasteiger partial charge in [-0.15, -0.1) is 0 Å². The number of phenolic OH excluding ortho intramolecular Hbond substituents is 1. The van der Waals surface area contributed by atoms with Crippen LogP contribution in [0.15, 0.2) is 72.3 Å². The summed E-state index contributed by atoms with van der Waals surface area (Å²) < 4.78 is 16.0. The maximum atomic E-state index is 13.6. The molecule has 1 amide bonds. The Bertz CT molecular complexity index is 1760. The van der Waals surface area contributed by atoms with Crippen LogP contribution in [0.3, 0.4) is 0 Å². The number of aliphatic hydroxyl groups excluding tert-OH is 1. The highest BCUT2D eigenvalue weighted by Crippen LogP contribution is 2.45. The number of esters is 1. The summed E-state index contributed by atoms with van der Waals surface area (Å²) in [5.41, 5.74) is 2.41. The largest absolute Gasteiger partial charge is 0.507 e. The van der Waals surface area contributed by atoms with E-state index in [0.717, 1.165) is 21.8 Å². The molecule has 1 unspecified atom stereocenters. The SMILES string of the molecule is COC(=O)c1sc(N2C(=O)C(=O)C(=C(O)c3ccc(OCc4ccccc4)cc3C)C2c2ccc(O)c(OC)c2)nc1C. The number of Topliss-reactive ketones (excluding diaryl/α,β-unsaturated/α-hetero) is 1. The zero-order valence-electron chi connectivity index (χ0n) is 23.8. The summed E-state index contributed by atoms with van der Waals surface area (Å²) in [7, 11) is 2.60. The number of carbonyl (C=O) groups is 3. The molecule has 0 spiro atoms. The number of carbonyl (C=O) groups excluding carboxylic acids is 3. The van der Waals surface area contributed by atoms with Gasteiger partial charge < -0.3 is 24.4 Å². The number of thiazole rings is 1. The van der Waals surface area contributed by atoms with Crippen LogP contribution < -0.4 is 14.4 Å². The number of methoxy groups -OCH3 is 2.